The quantitative estimate of drug-likeness (QED) is 0.486. The average molecular weight is 436 g/mol. The molecule has 0 aliphatic carbocycles. The number of nitrogens with zero attached hydrogens (tertiary/aromatic N) is 5. The summed E-state index contributed by atoms with van der Waals surface area (Å²) in [5.41, 5.74) is 1.97. The Bertz CT molecular complexity index is 1310. The average Bonchev–Trinajstić information content (AvgIpc) is 3.34. The standard InChI is InChI=1S/C22H21N5O3S/c1-16-7-8-17-4-2-6-20(22(17)23-16)31(28,29)27-13-11-26(12-14-27)21-10-9-18(24-25-21)19-5-3-15-30-19/h2-10,15H,11-14H2,1H3. The van der Waals surface area contributed by atoms with E-state index in [1.807, 2.05) is 48.2 Å². The molecule has 3 aromatic heterocycles. The topological polar surface area (TPSA) is 92.4 Å². The number of rotatable bonds is 4. The van der Waals surface area contributed by atoms with E-state index in [1.165, 1.54) is 4.31 Å². The number of benzene rings is 1. The number of hydrogen-bond donors (Lipinski definition) is 0. The molecule has 0 N–H and O–H groups in total. The molecular weight excluding hydrogens is 414 g/mol. The first-order valence-corrected chi connectivity index (χ1v) is 11.5. The van der Waals surface area contributed by atoms with Gasteiger partial charge < -0.3 is 9.32 Å². The number of furan rings is 1. The number of anilines is 1. The summed E-state index contributed by atoms with van der Waals surface area (Å²) < 4.78 is 33.6. The lowest BCUT2D eigenvalue weighted by Crippen LogP contribution is -2.49. The van der Waals surface area contributed by atoms with Gasteiger partial charge in [-0.3, -0.25) is 4.98 Å². The van der Waals surface area contributed by atoms with Gasteiger partial charge in [-0.1, -0.05) is 18.2 Å². The molecule has 0 atom stereocenters. The molecule has 4 heterocycles. The van der Waals surface area contributed by atoms with Crippen LogP contribution in [0.2, 0.25) is 0 Å². The highest BCUT2D eigenvalue weighted by atomic mass is 32.2. The first-order chi connectivity index (χ1) is 15.0. The van der Waals surface area contributed by atoms with Crippen LogP contribution in [0.4, 0.5) is 5.82 Å². The monoisotopic (exact) mass is 435 g/mol. The molecule has 0 unspecified atom stereocenters. The van der Waals surface area contributed by atoms with Gasteiger partial charge in [0.05, 0.1) is 11.8 Å². The van der Waals surface area contributed by atoms with Gasteiger partial charge in [-0.15, -0.1) is 10.2 Å². The molecule has 4 aromatic rings. The van der Waals surface area contributed by atoms with Crippen LogP contribution in [0.15, 0.2) is 70.2 Å². The summed E-state index contributed by atoms with van der Waals surface area (Å²) in [6, 6.07) is 16.4. The maximum Gasteiger partial charge on any atom is 0.245 e. The van der Waals surface area contributed by atoms with Crippen molar-refractivity contribution in [2.45, 2.75) is 11.8 Å². The van der Waals surface area contributed by atoms with Crippen molar-refractivity contribution in [3.05, 3.63) is 66.6 Å². The molecule has 0 spiro atoms. The smallest absolute Gasteiger partial charge is 0.245 e. The number of sulfonamides is 1. The third kappa shape index (κ3) is 3.66. The number of aryl methyl sites for hydroxylation is 1. The summed E-state index contributed by atoms with van der Waals surface area (Å²) in [5, 5.41) is 9.34. The third-order valence-corrected chi connectivity index (χ3v) is 7.36. The Morgan fingerprint density at radius 2 is 1.74 bits per heavy atom. The van der Waals surface area contributed by atoms with Crippen molar-refractivity contribution >= 4 is 26.7 Å². The van der Waals surface area contributed by atoms with E-state index in [0.717, 1.165) is 16.9 Å². The molecule has 0 bridgehead atoms. The molecule has 1 saturated heterocycles. The fourth-order valence-electron chi connectivity index (χ4n) is 3.77. The van der Waals surface area contributed by atoms with E-state index in [0.29, 0.717) is 43.1 Å². The second-order valence-electron chi connectivity index (χ2n) is 7.43. The van der Waals surface area contributed by atoms with Crippen LogP contribution in [-0.2, 0) is 10.0 Å². The van der Waals surface area contributed by atoms with Crippen LogP contribution < -0.4 is 4.90 Å². The second-order valence-corrected chi connectivity index (χ2v) is 9.33. The number of aromatic nitrogens is 3. The van der Waals surface area contributed by atoms with Gasteiger partial charge in [-0.05, 0) is 43.3 Å². The van der Waals surface area contributed by atoms with E-state index < -0.39 is 10.0 Å². The van der Waals surface area contributed by atoms with Gasteiger partial charge >= 0.3 is 0 Å². The Balaban J connectivity index is 1.34. The lowest BCUT2D eigenvalue weighted by atomic mass is 10.2. The van der Waals surface area contributed by atoms with Crippen molar-refractivity contribution in [2.24, 2.45) is 0 Å². The molecule has 0 radical (unpaired) electrons. The number of piperazine rings is 1. The van der Waals surface area contributed by atoms with Gasteiger partial charge in [0, 0.05) is 37.3 Å². The minimum atomic E-state index is -3.65. The SMILES string of the molecule is Cc1ccc2cccc(S(=O)(=O)N3CCN(c4ccc(-c5ccco5)nn4)CC3)c2n1. The molecule has 1 aliphatic heterocycles. The first-order valence-electron chi connectivity index (χ1n) is 10.0. The maximum absolute atomic E-state index is 13.4. The van der Waals surface area contributed by atoms with Gasteiger partial charge in [0.2, 0.25) is 10.0 Å². The fourth-order valence-corrected chi connectivity index (χ4v) is 5.35. The van der Waals surface area contributed by atoms with Crippen molar-refractivity contribution in [1.29, 1.82) is 0 Å². The summed E-state index contributed by atoms with van der Waals surface area (Å²) in [6.07, 6.45) is 1.59. The fraction of sp³-hybridized carbons (Fsp3) is 0.227. The Morgan fingerprint density at radius 1 is 0.903 bits per heavy atom. The zero-order valence-corrected chi connectivity index (χ0v) is 17.8. The van der Waals surface area contributed by atoms with Gasteiger partial charge in [-0.25, -0.2) is 8.42 Å². The Morgan fingerprint density at radius 3 is 2.45 bits per heavy atom. The predicted molar refractivity (Wildman–Crippen MR) is 117 cm³/mol. The number of para-hydroxylation sites is 1. The lowest BCUT2D eigenvalue weighted by molar-refractivity contribution is 0.384. The van der Waals surface area contributed by atoms with Crippen molar-refractivity contribution in [1.82, 2.24) is 19.5 Å². The highest BCUT2D eigenvalue weighted by Gasteiger charge is 2.30. The van der Waals surface area contributed by atoms with Crippen molar-refractivity contribution in [3.63, 3.8) is 0 Å². The molecule has 8 nitrogen and oxygen atoms in total. The molecule has 9 heteroatoms. The molecule has 0 saturated carbocycles. The molecule has 158 valence electrons. The zero-order chi connectivity index (χ0) is 21.4. The minimum absolute atomic E-state index is 0.254. The van der Waals surface area contributed by atoms with Crippen LogP contribution in [-0.4, -0.2) is 54.1 Å². The molecule has 1 aromatic carbocycles. The summed E-state index contributed by atoms with van der Waals surface area (Å²) in [5.74, 6) is 1.38. The Labute approximate surface area is 180 Å². The third-order valence-electron chi connectivity index (χ3n) is 5.43. The largest absolute Gasteiger partial charge is 0.463 e. The maximum atomic E-state index is 13.4. The van der Waals surface area contributed by atoms with E-state index in [2.05, 4.69) is 15.2 Å². The summed E-state index contributed by atoms with van der Waals surface area (Å²) >= 11 is 0. The molecule has 31 heavy (non-hydrogen) atoms. The molecule has 5 rings (SSSR count). The highest BCUT2D eigenvalue weighted by Crippen LogP contribution is 2.26. The summed E-state index contributed by atoms with van der Waals surface area (Å²) in [7, 11) is -3.65. The van der Waals surface area contributed by atoms with Crippen molar-refractivity contribution in [3.8, 4) is 11.5 Å². The number of hydrogen-bond acceptors (Lipinski definition) is 7. The minimum Gasteiger partial charge on any atom is -0.463 e. The first kappa shape index (κ1) is 19.7. The van der Waals surface area contributed by atoms with Crippen molar-refractivity contribution < 1.29 is 12.8 Å². The molecular formula is C22H21N5O3S. The van der Waals surface area contributed by atoms with Gasteiger partial charge in [0.1, 0.15) is 10.6 Å². The lowest BCUT2D eigenvalue weighted by Gasteiger charge is -2.34. The predicted octanol–water partition coefficient (Wildman–Crippen LogP) is 3.10. The van der Waals surface area contributed by atoms with Crippen molar-refractivity contribution in [2.75, 3.05) is 31.1 Å². The van der Waals surface area contributed by atoms with E-state index in [1.54, 1.807) is 24.5 Å². The molecule has 1 fully saturated rings. The van der Waals surface area contributed by atoms with Gasteiger partial charge in [0.25, 0.3) is 0 Å². The molecule has 0 amide bonds. The number of pyridine rings is 1. The summed E-state index contributed by atoms with van der Waals surface area (Å²) in [6.45, 7) is 3.66. The van der Waals surface area contributed by atoms with Crippen LogP contribution in [0.5, 0.6) is 0 Å². The number of fused-ring (bicyclic) bond motifs is 1. The second kappa shape index (κ2) is 7.75. The van der Waals surface area contributed by atoms with Crippen LogP contribution in [0.25, 0.3) is 22.4 Å². The van der Waals surface area contributed by atoms with E-state index >= 15 is 0 Å². The van der Waals surface area contributed by atoms with E-state index in [4.69, 9.17) is 4.42 Å². The zero-order valence-electron chi connectivity index (χ0n) is 17.0. The van der Waals surface area contributed by atoms with Crippen LogP contribution >= 0.6 is 0 Å². The summed E-state index contributed by atoms with van der Waals surface area (Å²) in [4.78, 5) is 6.78. The Hall–Kier alpha value is -3.30. The molecule has 1 aliphatic rings. The van der Waals surface area contributed by atoms with E-state index in [9.17, 15) is 8.42 Å². The van der Waals surface area contributed by atoms with Gasteiger partial charge in [-0.2, -0.15) is 4.31 Å². The van der Waals surface area contributed by atoms with Crippen LogP contribution in [0.1, 0.15) is 5.69 Å². The van der Waals surface area contributed by atoms with Gasteiger partial charge in [0.15, 0.2) is 11.6 Å². The van der Waals surface area contributed by atoms with Crippen LogP contribution in [0, 0.1) is 6.92 Å². The van der Waals surface area contributed by atoms with Crippen LogP contribution in [0.3, 0.4) is 0 Å². The normalized spacial score (nSPS) is 15.5. The highest BCUT2D eigenvalue weighted by molar-refractivity contribution is 7.89. The Kier molecular flexibility index (Phi) is 4.91. The van der Waals surface area contributed by atoms with E-state index in [-0.39, 0.29) is 4.90 Å².